The summed E-state index contributed by atoms with van der Waals surface area (Å²) >= 11 is 0. The van der Waals surface area contributed by atoms with Crippen molar-refractivity contribution >= 4 is 17.3 Å². The van der Waals surface area contributed by atoms with Crippen LogP contribution in [0.15, 0.2) is 66.7 Å². The van der Waals surface area contributed by atoms with Gasteiger partial charge in [-0.2, -0.15) is 0 Å². The molecule has 3 aromatic rings. The molecule has 0 saturated carbocycles. The lowest BCUT2D eigenvalue weighted by molar-refractivity contribution is -0.115. The van der Waals surface area contributed by atoms with Crippen LogP contribution in [0.2, 0.25) is 0 Å². The number of carbonyl (C=O) groups is 1. The Kier molecular flexibility index (Phi) is 5.15. The fraction of sp³-hybridized carbons (Fsp3) is 0.174. The van der Waals surface area contributed by atoms with Gasteiger partial charge in [-0.1, -0.05) is 35.9 Å². The Morgan fingerprint density at radius 2 is 1.54 bits per heavy atom. The number of hydrogen-bond acceptors (Lipinski definition) is 4. The summed E-state index contributed by atoms with van der Waals surface area (Å²) in [6, 6.07) is 21.6. The van der Waals surface area contributed by atoms with Gasteiger partial charge in [-0.15, -0.1) is 0 Å². The lowest BCUT2D eigenvalue weighted by Gasteiger charge is -2.09. The fourth-order valence-electron chi connectivity index (χ4n) is 3.02. The van der Waals surface area contributed by atoms with E-state index in [9.17, 15) is 4.79 Å². The van der Waals surface area contributed by atoms with Crippen LogP contribution in [-0.4, -0.2) is 12.7 Å². The maximum Gasteiger partial charge on any atom is 0.231 e. The zero-order valence-electron chi connectivity index (χ0n) is 15.7. The van der Waals surface area contributed by atoms with Crippen LogP contribution in [0.3, 0.4) is 0 Å². The Bertz CT molecular complexity index is 966. The van der Waals surface area contributed by atoms with E-state index in [1.54, 1.807) is 0 Å². The average molecular weight is 374 g/mol. The van der Waals surface area contributed by atoms with E-state index in [1.165, 1.54) is 5.56 Å². The van der Waals surface area contributed by atoms with Crippen LogP contribution in [0.1, 0.15) is 16.7 Å². The van der Waals surface area contributed by atoms with E-state index in [0.717, 1.165) is 34.0 Å². The average Bonchev–Trinajstić information content (AvgIpc) is 3.17. The molecule has 4 rings (SSSR count). The van der Waals surface area contributed by atoms with Crippen LogP contribution < -0.4 is 20.1 Å². The number of carbonyl (C=O) groups excluding carboxylic acids is 1. The molecule has 0 radical (unpaired) electrons. The van der Waals surface area contributed by atoms with E-state index in [4.69, 9.17) is 9.47 Å². The van der Waals surface area contributed by atoms with E-state index in [1.807, 2.05) is 73.7 Å². The number of benzene rings is 3. The molecule has 0 atom stereocenters. The van der Waals surface area contributed by atoms with Gasteiger partial charge in [0, 0.05) is 17.9 Å². The standard InChI is InChI=1S/C23H22N2O3/c1-16-2-4-17(5-3-16)13-23(26)25-20-9-7-19(8-10-20)24-14-18-6-11-21-22(12-18)28-15-27-21/h2-12,24H,13-15H2,1H3,(H,25,26). The van der Waals surface area contributed by atoms with Crippen molar-refractivity contribution in [3.8, 4) is 11.5 Å². The van der Waals surface area contributed by atoms with Gasteiger partial charge in [0.15, 0.2) is 11.5 Å². The van der Waals surface area contributed by atoms with Crippen LogP contribution in [0.4, 0.5) is 11.4 Å². The number of aryl methyl sites for hydroxylation is 1. The Morgan fingerprint density at radius 1 is 0.857 bits per heavy atom. The van der Waals surface area contributed by atoms with E-state index in [-0.39, 0.29) is 12.7 Å². The molecule has 1 heterocycles. The highest BCUT2D eigenvalue weighted by atomic mass is 16.7. The molecule has 0 unspecified atom stereocenters. The minimum atomic E-state index is -0.0232. The molecule has 2 N–H and O–H groups in total. The summed E-state index contributed by atoms with van der Waals surface area (Å²) in [5.74, 6) is 1.55. The summed E-state index contributed by atoms with van der Waals surface area (Å²) in [5.41, 5.74) is 5.07. The summed E-state index contributed by atoms with van der Waals surface area (Å²) < 4.78 is 10.7. The zero-order valence-corrected chi connectivity index (χ0v) is 15.7. The Morgan fingerprint density at radius 3 is 2.32 bits per heavy atom. The van der Waals surface area contributed by atoms with Crippen molar-refractivity contribution in [1.29, 1.82) is 0 Å². The molecule has 1 aliphatic heterocycles. The van der Waals surface area contributed by atoms with E-state index in [0.29, 0.717) is 13.0 Å². The first kappa shape index (κ1) is 17.9. The van der Waals surface area contributed by atoms with Gasteiger partial charge in [-0.3, -0.25) is 4.79 Å². The quantitative estimate of drug-likeness (QED) is 0.666. The van der Waals surface area contributed by atoms with Crippen molar-refractivity contribution in [1.82, 2.24) is 0 Å². The molecule has 5 nitrogen and oxygen atoms in total. The first-order chi connectivity index (χ1) is 13.7. The van der Waals surface area contributed by atoms with Gasteiger partial charge in [0.05, 0.1) is 6.42 Å². The summed E-state index contributed by atoms with van der Waals surface area (Å²) in [5, 5.41) is 6.31. The highest BCUT2D eigenvalue weighted by Gasteiger charge is 2.13. The molecule has 5 heteroatoms. The van der Waals surface area contributed by atoms with Crippen LogP contribution in [0.5, 0.6) is 11.5 Å². The van der Waals surface area contributed by atoms with Gasteiger partial charge in [-0.05, 0) is 54.4 Å². The van der Waals surface area contributed by atoms with Crippen molar-refractivity contribution in [3.05, 3.63) is 83.4 Å². The second-order valence-electron chi connectivity index (χ2n) is 6.83. The monoisotopic (exact) mass is 374 g/mol. The Balaban J connectivity index is 1.29. The Labute approximate surface area is 164 Å². The van der Waals surface area contributed by atoms with E-state index in [2.05, 4.69) is 10.6 Å². The minimum Gasteiger partial charge on any atom is -0.454 e. The third kappa shape index (κ3) is 4.43. The molecule has 1 aliphatic rings. The van der Waals surface area contributed by atoms with Gasteiger partial charge in [-0.25, -0.2) is 0 Å². The molecule has 0 aliphatic carbocycles. The van der Waals surface area contributed by atoms with Gasteiger partial charge >= 0.3 is 0 Å². The van der Waals surface area contributed by atoms with Gasteiger partial charge in [0.25, 0.3) is 0 Å². The van der Waals surface area contributed by atoms with Crippen LogP contribution in [0.25, 0.3) is 0 Å². The van der Waals surface area contributed by atoms with Crippen molar-refractivity contribution in [3.63, 3.8) is 0 Å². The smallest absolute Gasteiger partial charge is 0.231 e. The number of ether oxygens (including phenoxy) is 2. The molecule has 1 amide bonds. The molecule has 3 aromatic carbocycles. The number of rotatable bonds is 6. The zero-order chi connectivity index (χ0) is 19.3. The first-order valence-electron chi connectivity index (χ1n) is 9.23. The Hall–Kier alpha value is -3.47. The molecule has 0 spiro atoms. The van der Waals surface area contributed by atoms with Crippen LogP contribution in [0, 0.1) is 6.92 Å². The predicted octanol–water partition coefficient (Wildman–Crippen LogP) is 4.52. The van der Waals surface area contributed by atoms with Crippen molar-refractivity contribution in [2.24, 2.45) is 0 Å². The lowest BCUT2D eigenvalue weighted by atomic mass is 10.1. The number of fused-ring (bicyclic) bond motifs is 1. The molecule has 28 heavy (non-hydrogen) atoms. The maximum absolute atomic E-state index is 12.2. The molecule has 0 saturated heterocycles. The predicted molar refractivity (Wildman–Crippen MR) is 110 cm³/mol. The van der Waals surface area contributed by atoms with Crippen molar-refractivity contribution in [2.75, 3.05) is 17.4 Å². The van der Waals surface area contributed by atoms with E-state index >= 15 is 0 Å². The third-order valence-corrected chi connectivity index (χ3v) is 4.59. The van der Waals surface area contributed by atoms with Gasteiger partial charge in [0.1, 0.15) is 0 Å². The van der Waals surface area contributed by atoms with Crippen LogP contribution in [-0.2, 0) is 17.8 Å². The minimum absolute atomic E-state index is 0.0232. The SMILES string of the molecule is Cc1ccc(CC(=O)Nc2ccc(NCc3ccc4c(c3)OCO4)cc2)cc1. The summed E-state index contributed by atoms with van der Waals surface area (Å²) in [6.07, 6.45) is 0.365. The topological polar surface area (TPSA) is 59.6 Å². The highest BCUT2D eigenvalue weighted by molar-refractivity contribution is 5.92. The summed E-state index contributed by atoms with van der Waals surface area (Å²) in [7, 11) is 0. The molecular weight excluding hydrogens is 352 g/mol. The second-order valence-corrected chi connectivity index (χ2v) is 6.83. The van der Waals surface area contributed by atoms with Gasteiger partial charge in [0.2, 0.25) is 12.7 Å². The summed E-state index contributed by atoms with van der Waals surface area (Å²) in [6.45, 7) is 2.99. The molecule has 0 fully saturated rings. The molecule has 142 valence electrons. The number of hydrogen-bond donors (Lipinski definition) is 2. The normalized spacial score (nSPS) is 11.9. The summed E-state index contributed by atoms with van der Waals surface area (Å²) in [4.78, 5) is 12.2. The van der Waals surface area contributed by atoms with Crippen molar-refractivity contribution < 1.29 is 14.3 Å². The fourth-order valence-corrected chi connectivity index (χ4v) is 3.02. The highest BCUT2D eigenvalue weighted by Crippen LogP contribution is 2.32. The number of nitrogens with one attached hydrogen (secondary N) is 2. The van der Waals surface area contributed by atoms with Gasteiger partial charge < -0.3 is 20.1 Å². The number of anilines is 2. The molecular formula is C23H22N2O3. The molecule has 0 bridgehead atoms. The van der Waals surface area contributed by atoms with Crippen molar-refractivity contribution in [2.45, 2.75) is 19.9 Å². The third-order valence-electron chi connectivity index (χ3n) is 4.59. The largest absolute Gasteiger partial charge is 0.454 e. The van der Waals surface area contributed by atoms with Crippen LogP contribution >= 0.6 is 0 Å². The number of amides is 1. The first-order valence-corrected chi connectivity index (χ1v) is 9.23. The second kappa shape index (κ2) is 8.05. The molecule has 0 aromatic heterocycles. The maximum atomic E-state index is 12.2. The lowest BCUT2D eigenvalue weighted by Crippen LogP contribution is -2.14. The van der Waals surface area contributed by atoms with E-state index < -0.39 is 0 Å².